The molecule has 1 amide bonds. The standard InChI is InChI=1S/C22H17N5O3/c1-13-3-2-4-17(24-13)22-25-21(15-7-5-14(6-8-15)20(23)28)26-27(22)16-9-10-18-19(11-16)30-12-29-18/h2-11H,12H2,1H3,(H2,23,28). The molecule has 2 N–H and O–H groups in total. The lowest BCUT2D eigenvalue weighted by Crippen LogP contribution is -2.10. The summed E-state index contributed by atoms with van der Waals surface area (Å²) >= 11 is 0. The first-order valence-electron chi connectivity index (χ1n) is 9.30. The van der Waals surface area contributed by atoms with Crippen molar-refractivity contribution in [3.63, 3.8) is 0 Å². The van der Waals surface area contributed by atoms with Gasteiger partial charge in [-0.1, -0.05) is 18.2 Å². The van der Waals surface area contributed by atoms with Gasteiger partial charge in [-0.2, -0.15) is 0 Å². The monoisotopic (exact) mass is 399 g/mol. The van der Waals surface area contributed by atoms with Crippen molar-refractivity contribution < 1.29 is 14.3 Å². The molecule has 1 aliphatic rings. The normalized spacial score (nSPS) is 12.2. The molecule has 5 rings (SSSR count). The first-order valence-corrected chi connectivity index (χ1v) is 9.30. The highest BCUT2D eigenvalue weighted by molar-refractivity contribution is 5.93. The van der Waals surface area contributed by atoms with Crippen molar-refractivity contribution in [3.05, 3.63) is 71.9 Å². The second-order valence-corrected chi connectivity index (χ2v) is 6.81. The van der Waals surface area contributed by atoms with E-state index in [9.17, 15) is 4.79 Å². The van der Waals surface area contributed by atoms with Gasteiger partial charge in [0.25, 0.3) is 0 Å². The number of amides is 1. The number of nitrogens with two attached hydrogens (primary N) is 1. The molecule has 8 nitrogen and oxygen atoms in total. The number of hydrogen-bond donors (Lipinski definition) is 1. The molecule has 4 aromatic rings. The zero-order valence-electron chi connectivity index (χ0n) is 16.1. The minimum absolute atomic E-state index is 0.194. The maximum atomic E-state index is 11.4. The number of carbonyl (C=O) groups is 1. The number of aromatic nitrogens is 4. The van der Waals surface area contributed by atoms with Crippen LogP contribution in [0.15, 0.2) is 60.7 Å². The summed E-state index contributed by atoms with van der Waals surface area (Å²) in [6.45, 7) is 2.12. The fraction of sp³-hybridized carbons (Fsp3) is 0.0909. The number of hydrogen-bond acceptors (Lipinski definition) is 6. The van der Waals surface area contributed by atoms with E-state index in [1.165, 1.54) is 0 Å². The van der Waals surface area contributed by atoms with Gasteiger partial charge in [-0.15, -0.1) is 5.10 Å². The van der Waals surface area contributed by atoms with Crippen LogP contribution in [-0.2, 0) is 0 Å². The van der Waals surface area contributed by atoms with E-state index in [4.69, 9.17) is 25.3 Å². The van der Waals surface area contributed by atoms with Crippen molar-refractivity contribution in [2.45, 2.75) is 6.92 Å². The molecule has 0 atom stereocenters. The molecule has 0 aliphatic carbocycles. The summed E-state index contributed by atoms with van der Waals surface area (Å²) in [7, 11) is 0. The van der Waals surface area contributed by atoms with Gasteiger partial charge in [0.15, 0.2) is 23.1 Å². The molecule has 0 saturated carbocycles. The van der Waals surface area contributed by atoms with Crippen molar-refractivity contribution >= 4 is 5.91 Å². The molecule has 1 aliphatic heterocycles. The maximum Gasteiger partial charge on any atom is 0.248 e. The highest BCUT2D eigenvalue weighted by Gasteiger charge is 2.20. The second kappa shape index (κ2) is 7.00. The Morgan fingerprint density at radius 1 is 1.00 bits per heavy atom. The second-order valence-electron chi connectivity index (χ2n) is 6.81. The zero-order valence-corrected chi connectivity index (χ0v) is 16.1. The Morgan fingerprint density at radius 3 is 2.57 bits per heavy atom. The molecule has 0 bridgehead atoms. The molecule has 0 spiro atoms. The van der Waals surface area contributed by atoms with Gasteiger partial charge in [0.1, 0.15) is 5.69 Å². The maximum absolute atomic E-state index is 11.4. The number of ether oxygens (including phenoxy) is 2. The third-order valence-electron chi connectivity index (χ3n) is 4.75. The molecule has 148 valence electrons. The predicted octanol–water partition coefficient (Wildman–Crippen LogP) is 3.13. The number of carbonyl (C=O) groups excluding carboxylic acids is 1. The predicted molar refractivity (Wildman–Crippen MR) is 109 cm³/mol. The first-order chi connectivity index (χ1) is 14.6. The molecular formula is C22H17N5O3. The fourth-order valence-corrected chi connectivity index (χ4v) is 3.25. The fourth-order valence-electron chi connectivity index (χ4n) is 3.25. The smallest absolute Gasteiger partial charge is 0.248 e. The lowest BCUT2D eigenvalue weighted by molar-refractivity contribution is 0.100. The molecule has 8 heteroatoms. The number of fused-ring (bicyclic) bond motifs is 1. The Morgan fingerprint density at radius 2 is 1.80 bits per heavy atom. The van der Waals surface area contributed by atoms with E-state index >= 15 is 0 Å². The molecule has 0 saturated heterocycles. The Bertz CT molecular complexity index is 1260. The van der Waals surface area contributed by atoms with Gasteiger partial charge in [-0.25, -0.2) is 14.6 Å². The molecule has 0 fully saturated rings. The van der Waals surface area contributed by atoms with Crippen molar-refractivity contribution in [3.8, 4) is 40.1 Å². The van der Waals surface area contributed by atoms with E-state index in [1.54, 1.807) is 28.9 Å². The van der Waals surface area contributed by atoms with Crippen molar-refractivity contribution in [1.29, 1.82) is 0 Å². The molecule has 30 heavy (non-hydrogen) atoms. The topological polar surface area (TPSA) is 105 Å². The van der Waals surface area contributed by atoms with Gasteiger partial charge in [-0.3, -0.25) is 4.79 Å². The lowest BCUT2D eigenvalue weighted by Gasteiger charge is -2.07. The van der Waals surface area contributed by atoms with Gasteiger partial charge in [0.05, 0.1) is 5.69 Å². The van der Waals surface area contributed by atoms with E-state index < -0.39 is 5.91 Å². The van der Waals surface area contributed by atoms with E-state index in [0.29, 0.717) is 34.4 Å². The van der Waals surface area contributed by atoms with Crippen LogP contribution in [0.2, 0.25) is 0 Å². The van der Waals surface area contributed by atoms with E-state index in [2.05, 4.69) is 4.98 Å². The van der Waals surface area contributed by atoms with Crippen LogP contribution in [-0.4, -0.2) is 32.4 Å². The van der Waals surface area contributed by atoms with E-state index in [1.807, 2.05) is 43.3 Å². The van der Waals surface area contributed by atoms with Crippen LogP contribution in [0.4, 0.5) is 0 Å². The van der Waals surface area contributed by atoms with Crippen LogP contribution in [0.1, 0.15) is 16.1 Å². The minimum atomic E-state index is -0.481. The highest BCUT2D eigenvalue weighted by atomic mass is 16.7. The van der Waals surface area contributed by atoms with Crippen molar-refractivity contribution in [1.82, 2.24) is 19.7 Å². The summed E-state index contributed by atoms with van der Waals surface area (Å²) in [4.78, 5) is 20.7. The average molecular weight is 399 g/mol. The minimum Gasteiger partial charge on any atom is -0.454 e. The molecule has 0 radical (unpaired) electrons. The molecule has 0 unspecified atom stereocenters. The Labute approximate surface area is 171 Å². The van der Waals surface area contributed by atoms with Crippen LogP contribution in [0.5, 0.6) is 11.5 Å². The van der Waals surface area contributed by atoms with Gasteiger partial charge in [0, 0.05) is 22.9 Å². The molecule has 3 heterocycles. The summed E-state index contributed by atoms with van der Waals surface area (Å²) < 4.78 is 12.6. The number of rotatable bonds is 4. The van der Waals surface area contributed by atoms with Crippen LogP contribution >= 0.6 is 0 Å². The largest absolute Gasteiger partial charge is 0.454 e. The first kappa shape index (κ1) is 17.9. The summed E-state index contributed by atoms with van der Waals surface area (Å²) in [5.74, 6) is 1.95. The van der Waals surface area contributed by atoms with Crippen LogP contribution in [0.3, 0.4) is 0 Å². The third kappa shape index (κ3) is 3.14. The Kier molecular flexibility index (Phi) is 4.17. The summed E-state index contributed by atoms with van der Waals surface area (Å²) in [6.07, 6.45) is 0. The number of benzene rings is 2. The van der Waals surface area contributed by atoms with Crippen molar-refractivity contribution in [2.75, 3.05) is 6.79 Å². The molecule has 2 aromatic heterocycles. The van der Waals surface area contributed by atoms with Gasteiger partial charge in [-0.05, 0) is 43.3 Å². The summed E-state index contributed by atoms with van der Waals surface area (Å²) in [6, 6.07) is 18.2. The Balaban J connectivity index is 1.65. The van der Waals surface area contributed by atoms with Gasteiger partial charge >= 0.3 is 0 Å². The van der Waals surface area contributed by atoms with E-state index in [-0.39, 0.29) is 6.79 Å². The number of aryl methyl sites for hydroxylation is 1. The summed E-state index contributed by atoms with van der Waals surface area (Å²) in [5.41, 5.74) is 8.86. The number of nitrogens with zero attached hydrogens (tertiary/aromatic N) is 4. The number of primary amides is 1. The van der Waals surface area contributed by atoms with Crippen molar-refractivity contribution in [2.24, 2.45) is 5.73 Å². The quantitative estimate of drug-likeness (QED) is 0.565. The average Bonchev–Trinajstić information content (AvgIpc) is 3.40. The van der Waals surface area contributed by atoms with E-state index in [0.717, 1.165) is 16.9 Å². The van der Waals surface area contributed by atoms with Gasteiger partial charge < -0.3 is 15.2 Å². The third-order valence-corrected chi connectivity index (χ3v) is 4.75. The lowest BCUT2D eigenvalue weighted by atomic mass is 10.1. The Hall–Kier alpha value is -4.20. The van der Waals surface area contributed by atoms with Gasteiger partial charge in [0.2, 0.25) is 12.7 Å². The highest BCUT2D eigenvalue weighted by Crippen LogP contribution is 2.35. The van der Waals surface area contributed by atoms with Crippen LogP contribution in [0.25, 0.3) is 28.6 Å². The molecule has 2 aromatic carbocycles. The molecular weight excluding hydrogens is 382 g/mol. The zero-order chi connectivity index (χ0) is 20.7. The number of pyridine rings is 1. The summed E-state index contributed by atoms with van der Waals surface area (Å²) in [5, 5.41) is 4.71. The SMILES string of the molecule is Cc1cccc(-c2nc(-c3ccc(C(N)=O)cc3)nn2-c2ccc3c(c2)OCO3)n1. The van der Waals surface area contributed by atoms with Crippen LogP contribution in [0, 0.1) is 6.92 Å². The van der Waals surface area contributed by atoms with Crippen LogP contribution < -0.4 is 15.2 Å².